The van der Waals surface area contributed by atoms with Crippen molar-refractivity contribution in [1.29, 1.82) is 0 Å². The highest BCUT2D eigenvalue weighted by Crippen LogP contribution is 2.43. The normalized spacial score (nSPS) is 24.4. The van der Waals surface area contributed by atoms with E-state index in [1.165, 1.54) is 12.3 Å². The molecule has 1 heterocycles. The number of sulfone groups is 1. The van der Waals surface area contributed by atoms with Gasteiger partial charge in [-0.3, -0.25) is 0 Å². The first kappa shape index (κ1) is 26.0. The lowest BCUT2D eigenvalue weighted by molar-refractivity contribution is 0.158. The van der Waals surface area contributed by atoms with Crippen molar-refractivity contribution in [3.63, 3.8) is 0 Å². The SMILES string of the molecule is CS(=O)(=O)C1(c2ccccc2)CCC(NCCNC(=O)N2C(=O)OCC2c2ccc(F)c(F)c2)CC1. The van der Waals surface area contributed by atoms with Crippen molar-refractivity contribution in [2.75, 3.05) is 26.0 Å². The second-order valence-corrected chi connectivity index (χ2v) is 11.6. The van der Waals surface area contributed by atoms with Gasteiger partial charge in [0.1, 0.15) is 12.6 Å². The zero-order valence-electron chi connectivity index (χ0n) is 19.9. The minimum atomic E-state index is -3.33. The zero-order valence-corrected chi connectivity index (χ0v) is 20.7. The van der Waals surface area contributed by atoms with Gasteiger partial charge < -0.3 is 15.4 Å². The van der Waals surface area contributed by atoms with Crippen molar-refractivity contribution in [3.8, 4) is 0 Å². The third-order valence-electron chi connectivity index (χ3n) is 7.06. The number of halogens is 2. The van der Waals surface area contributed by atoms with Crippen LogP contribution in [0.5, 0.6) is 0 Å². The second kappa shape index (κ2) is 10.5. The van der Waals surface area contributed by atoms with E-state index in [9.17, 15) is 26.8 Å². The van der Waals surface area contributed by atoms with E-state index in [2.05, 4.69) is 10.6 Å². The molecule has 1 aliphatic heterocycles. The van der Waals surface area contributed by atoms with Gasteiger partial charge in [-0.25, -0.2) is 31.7 Å². The molecule has 0 radical (unpaired) electrons. The summed E-state index contributed by atoms with van der Waals surface area (Å²) in [5.74, 6) is -2.10. The number of nitrogens with one attached hydrogen (secondary N) is 2. The van der Waals surface area contributed by atoms with Crippen LogP contribution in [0, 0.1) is 11.6 Å². The van der Waals surface area contributed by atoms with E-state index in [4.69, 9.17) is 4.74 Å². The molecule has 8 nitrogen and oxygen atoms in total. The van der Waals surface area contributed by atoms with Gasteiger partial charge in [0.25, 0.3) is 0 Å². The van der Waals surface area contributed by atoms with Gasteiger partial charge in [-0.05, 0) is 48.9 Å². The number of urea groups is 1. The first-order chi connectivity index (χ1) is 17.1. The molecule has 36 heavy (non-hydrogen) atoms. The van der Waals surface area contributed by atoms with Gasteiger partial charge in [0.2, 0.25) is 0 Å². The summed E-state index contributed by atoms with van der Waals surface area (Å²) >= 11 is 0. The van der Waals surface area contributed by atoms with Gasteiger partial charge in [0.05, 0.1) is 4.75 Å². The molecule has 194 valence electrons. The van der Waals surface area contributed by atoms with Gasteiger partial charge in [-0.2, -0.15) is 0 Å². The maximum Gasteiger partial charge on any atom is 0.418 e. The van der Waals surface area contributed by atoms with Gasteiger partial charge in [0.15, 0.2) is 21.5 Å². The number of hydrogen-bond acceptors (Lipinski definition) is 6. The number of ether oxygens (including phenoxy) is 1. The Morgan fingerprint density at radius 1 is 1.08 bits per heavy atom. The van der Waals surface area contributed by atoms with Crippen LogP contribution in [0.1, 0.15) is 42.9 Å². The van der Waals surface area contributed by atoms with Crippen LogP contribution < -0.4 is 10.6 Å². The van der Waals surface area contributed by atoms with E-state index in [-0.39, 0.29) is 24.8 Å². The molecule has 11 heteroatoms. The average molecular weight is 522 g/mol. The Kier molecular flexibility index (Phi) is 7.60. The van der Waals surface area contributed by atoms with E-state index < -0.39 is 44.4 Å². The largest absolute Gasteiger partial charge is 0.446 e. The number of rotatable bonds is 7. The first-order valence-corrected chi connectivity index (χ1v) is 13.7. The Morgan fingerprint density at radius 2 is 1.78 bits per heavy atom. The Bertz CT molecular complexity index is 1220. The summed E-state index contributed by atoms with van der Waals surface area (Å²) in [6, 6.07) is 11.0. The molecule has 0 aromatic heterocycles. The Balaban J connectivity index is 1.29. The Labute approximate surface area is 208 Å². The van der Waals surface area contributed by atoms with Crippen LogP contribution in [0.3, 0.4) is 0 Å². The highest BCUT2D eigenvalue weighted by atomic mass is 32.2. The summed E-state index contributed by atoms with van der Waals surface area (Å²) in [4.78, 5) is 25.6. The summed E-state index contributed by atoms with van der Waals surface area (Å²) < 4.78 is 56.4. The molecule has 2 aliphatic rings. The molecule has 2 N–H and O–H groups in total. The number of imide groups is 1. The molecule has 0 bridgehead atoms. The lowest BCUT2D eigenvalue weighted by atomic mass is 9.80. The van der Waals surface area contributed by atoms with Gasteiger partial charge in [-0.1, -0.05) is 36.4 Å². The van der Waals surface area contributed by atoms with Crippen LogP contribution in [-0.4, -0.2) is 57.4 Å². The lowest BCUT2D eigenvalue weighted by Gasteiger charge is -2.39. The highest BCUT2D eigenvalue weighted by Gasteiger charge is 2.45. The van der Waals surface area contributed by atoms with E-state index in [1.807, 2.05) is 30.3 Å². The van der Waals surface area contributed by atoms with Gasteiger partial charge in [0, 0.05) is 25.4 Å². The minimum Gasteiger partial charge on any atom is -0.446 e. The average Bonchev–Trinajstić information content (AvgIpc) is 3.25. The van der Waals surface area contributed by atoms with E-state index in [1.54, 1.807) is 0 Å². The van der Waals surface area contributed by atoms with Crippen LogP contribution in [-0.2, 0) is 19.3 Å². The van der Waals surface area contributed by atoms with Crippen LogP contribution in [0.25, 0.3) is 0 Å². The third-order valence-corrected chi connectivity index (χ3v) is 9.12. The number of carbonyl (C=O) groups excluding carboxylic acids is 2. The maximum atomic E-state index is 13.6. The molecular formula is C25H29F2N3O5S. The molecule has 0 spiro atoms. The number of nitrogens with zero attached hydrogens (tertiary/aromatic N) is 1. The maximum absolute atomic E-state index is 13.6. The number of carbonyl (C=O) groups is 2. The summed E-state index contributed by atoms with van der Waals surface area (Å²) in [6.07, 6.45) is 2.74. The highest BCUT2D eigenvalue weighted by molar-refractivity contribution is 7.91. The van der Waals surface area contributed by atoms with Gasteiger partial charge in [-0.15, -0.1) is 0 Å². The summed E-state index contributed by atoms with van der Waals surface area (Å²) in [6.45, 7) is 0.465. The monoisotopic (exact) mass is 521 g/mol. The van der Waals surface area contributed by atoms with Crippen molar-refractivity contribution in [2.24, 2.45) is 0 Å². The van der Waals surface area contributed by atoms with Crippen LogP contribution in [0.2, 0.25) is 0 Å². The summed E-state index contributed by atoms with van der Waals surface area (Å²) in [7, 11) is -3.33. The van der Waals surface area contributed by atoms with Gasteiger partial charge >= 0.3 is 12.1 Å². The third kappa shape index (κ3) is 5.22. The molecule has 1 saturated heterocycles. The molecule has 1 aliphatic carbocycles. The van der Waals surface area contributed by atoms with Crippen molar-refractivity contribution < 1.29 is 31.5 Å². The van der Waals surface area contributed by atoms with E-state index >= 15 is 0 Å². The topological polar surface area (TPSA) is 105 Å². The van der Waals surface area contributed by atoms with E-state index in [0.29, 0.717) is 32.2 Å². The molecule has 2 fully saturated rings. The fourth-order valence-electron chi connectivity index (χ4n) is 5.05. The fraction of sp³-hybridized carbons (Fsp3) is 0.440. The Hall–Kier alpha value is -3.05. The number of cyclic esters (lactones) is 1. The first-order valence-electron chi connectivity index (χ1n) is 11.8. The van der Waals surface area contributed by atoms with Crippen LogP contribution in [0.4, 0.5) is 18.4 Å². The predicted molar refractivity (Wildman–Crippen MR) is 129 cm³/mol. The molecule has 3 amide bonds. The van der Waals surface area contributed by atoms with Crippen LogP contribution >= 0.6 is 0 Å². The summed E-state index contributed by atoms with van der Waals surface area (Å²) in [5, 5.41) is 5.99. The van der Waals surface area contributed by atoms with Crippen molar-refractivity contribution >= 4 is 22.0 Å². The molecule has 2 aromatic rings. The molecule has 2 aromatic carbocycles. The quantitative estimate of drug-likeness (QED) is 0.539. The molecule has 4 rings (SSSR count). The second-order valence-electron chi connectivity index (χ2n) is 9.23. The van der Waals surface area contributed by atoms with Crippen molar-refractivity contribution in [1.82, 2.24) is 15.5 Å². The fourth-order valence-corrected chi connectivity index (χ4v) is 6.59. The summed E-state index contributed by atoms with van der Waals surface area (Å²) in [5.41, 5.74) is 1.06. The molecule has 1 saturated carbocycles. The number of hydrogen-bond donors (Lipinski definition) is 2. The number of amides is 3. The zero-order chi connectivity index (χ0) is 25.9. The van der Waals surface area contributed by atoms with Crippen molar-refractivity contribution in [2.45, 2.75) is 42.5 Å². The van der Waals surface area contributed by atoms with Crippen LogP contribution in [0.15, 0.2) is 48.5 Å². The Morgan fingerprint density at radius 3 is 2.42 bits per heavy atom. The molecule has 1 atom stereocenters. The van der Waals surface area contributed by atoms with Crippen molar-refractivity contribution in [3.05, 3.63) is 71.3 Å². The number of benzene rings is 2. The molecular weight excluding hydrogens is 492 g/mol. The standard InChI is InChI=1S/C25H29F2N3O5S/c1-36(33,34)25(18-5-3-2-4-6-18)11-9-19(10-12-25)28-13-14-29-23(31)30-22(16-35-24(30)32)17-7-8-20(26)21(27)15-17/h2-8,15,19,22,28H,9-14,16H2,1H3,(H,29,31). The smallest absolute Gasteiger partial charge is 0.418 e. The van der Waals surface area contributed by atoms with E-state index in [0.717, 1.165) is 22.6 Å². The predicted octanol–water partition coefficient (Wildman–Crippen LogP) is 3.64. The lowest BCUT2D eigenvalue weighted by Crippen LogP contribution is -2.47. The molecule has 1 unspecified atom stereocenters. The minimum absolute atomic E-state index is 0.0900.